The molecule has 1 amide bonds. The molecule has 0 saturated carbocycles. The Kier molecular flexibility index (Phi) is 7.09. The number of hydrogen-bond donors (Lipinski definition) is 1. The van der Waals surface area contributed by atoms with E-state index in [0.29, 0.717) is 24.7 Å². The summed E-state index contributed by atoms with van der Waals surface area (Å²) in [7, 11) is 1.90. The lowest BCUT2D eigenvalue weighted by Crippen LogP contribution is -2.38. The van der Waals surface area contributed by atoms with Crippen LogP contribution in [0.3, 0.4) is 0 Å². The Morgan fingerprint density at radius 3 is 2.67 bits per heavy atom. The van der Waals surface area contributed by atoms with Crippen LogP contribution in [0.2, 0.25) is 5.02 Å². The lowest BCUT2D eigenvalue weighted by molar-refractivity contribution is -0.122. The SMILES string of the molecule is C[C@H](NC(=O)CN(C)CCOc1ccccc1)c1cccc(Cl)c1. The predicted molar refractivity (Wildman–Crippen MR) is 97.4 cm³/mol. The first-order chi connectivity index (χ1) is 11.5. The fourth-order valence-corrected chi connectivity index (χ4v) is 2.51. The highest BCUT2D eigenvalue weighted by atomic mass is 35.5. The molecule has 0 saturated heterocycles. The van der Waals surface area contributed by atoms with Gasteiger partial charge in [-0.25, -0.2) is 0 Å². The molecule has 5 heteroatoms. The summed E-state index contributed by atoms with van der Waals surface area (Å²) in [5.41, 5.74) is 0.992. The Hall–Kier alpha value is -2.04. The smallest absolute Gasteiger partial charge is 0.234 e. The number of benzene rings is 2. The van der Waals surface area contributed by atoms with Crippen molar-refractivity contribution in [1.82, 2.24) is 10.2 Å². The van der Waals surface area contributed by atoms with E-state index in [2.05, 4.69) is 5.32 Å². The average molecular weight is 347 g/mol. The quantitative estimate of drug-likeness (QED) is 0.795. The lowest BCUT2D eigenvalue weighted by atomic mass is 10.1. The van der Waals surface area contributed by atoms with Gasteiger partial charge in [0.1, 0.15) is 12.4 Å². The lowest BCUT2D eigenvalue weighted by Gasteiger charge is -2.19. The minimum Gasteiger partial charge on any atom is -0.492 e. The van der Waals surface area contributed by atoms with Crippen LogP contribution >= 0.6 is 11.6 Å². The number of amides is 1. The summed E-state index contributed by atoms with van der Waals surface area (Å²) in [5, 5.41) is 3.65. The molecule has 0 spiro atoms. The molecule has 24 heavy (non-hydrogen) atoms. The Morgan fingerprint density at radius 1 is 1.21 bits per heavy atom. The van der Waals surface area contributed by atoms with E-state index in [1.807, 2.05) is 73.5 Å². The van der Waals surface area contributed by atoms with E-state index in [-0.39, 0.29) is 11.9 Å². The van der Waals surface area contributed by atoms with Crippen molar-refractivity contribution in [3.63, 3.8) is 0 Å². The maximum atomic E-state index is 12.1. The van der Waals surface area contributed by atoms with E-state index in [1.165, 1.54) is 0 Å². The fourth-order valence-electron chi connectivity index (χ4n) is 2.31. The summed E-state index contributed by atoms with van der Waals surface area (Å²) in [6.45, 7) is 3.48. The monoisotopic (exact) mass is 346 g/mol. The third-order valence-electron chi connectivity index (χ3n) is 3.62. The average Bonchev–Trinajstić information content (AvgIpc) is 2.55. The summed E-state index contributed by atoms with van der Waals surface area (Å²) in [6, 6.07) is 17.1. The zero-order chi connectivity index (χ0) is 17.4. The van der Waals surface area contributed by atoms with Gasteiger partial charge in [-0.05, 0) is 43.8 Å². The number of nitrogens with zero attached hydrogens (tertiary/aromatic N) is 1. The molecule has 0 fully saturated rings. The number of carbonyl (C=O) groups excluding carboxylic acids is 1. The van der Waals surface area contributed by atoms with Crippen LogP contribution in [0.25, 0.3) is 0 Å². The van der Waals surface area contributed by atoms with Gasteiger partial charge in [0.15, 0.2) is 0 Å². The molecule has 0 aliphatic carbocycles. The van der Waals surface area contributed by atoms with Crippen LogP contribution in [0, 0.1) is 0 Å². The molecule has 0 aromatic heterocycles. The highest BCUT2D eigenvalue weighted by Gasteiger charge is 2.12. The van der Waals surface area contributed by atoms with Gasteiger partial charge in [0, 0.05) is 11.6 Å². The van der Waals surface area contributed by atoms with Crippen molar-refractivity contribution in [3.8, 4) is 5.75 Å². The zero-order valence-corrected chi connectivity index (χ0v) is 14.8. The number of halogens is 1. The Morgan fingerprint density at radius 2 is 1.96 bits per heavy atom. The molecule has 2 aromatic rings. The van der Waals surface area contributed by atoms with Crippen molar-refractivity contribution in [2.24, 2.45) is 0 Å². The molecule has 128 valence electrons. The van der Waals surface area contributed by atoms with Gasteiger partial charge in [0.25, 0.3) is 0 Å². The summed E-state index contributed by atoms with van der Waals surface area (Å²) >= 11 is 5.98. The number of likely N-dealkylation sites (N-methyl/N-ethyl adjacent to an activating group) is 1. The number of carbonyl (C=O) groups is 1. The molecule has 2 aromatic carbocycles. The van der Waals surface area contributed by atoms with E-state index in [1.54, 1.807) is 0 Å². The molecule has 2 rings (SSSR count). The number of rotatable bonds is 8. The molecular weight excluding hydrogens is 324 g/mol. The van der Waals surface area contributed by atoms with Gasteiger partial charge < -0.3 is 10.1 Å². The maximum absolute atomic E-state index is 12.1. The second-order valence-electron chi connectivity index (χ2n) is 5.74. The van der Waals surface area contributed by atoms with Crippen LogP contribution in [-0.2, 0) is 4.79 Å². The van der Waals surface area contributed by atoms with Crippen LogP contribution in [0.4, 0.5) is 0 Å². The molecular formula is C19H23ClN2O2. The highest BCUT2D eigenvalue weighted by Crippen LogP contribution is 2.17. The van der Waals surface area contributed by atoms with Gasteiger partial charge in [-0.2, -0.15) is 0 Å². The maximum Gasteiger partial charge on any atom is 0.234 e. The van der Waals surface area contributed by atoms with E-state index in [4.69, 9.17) is 16.3 Å². The Balaban J connectivity index is 1.71. The molecule has 4 nitrogen and oxygen atoms in total. The molecule has 0 unspecified atom stereocenters. The van der Waals surface area contributed by atoms with Crippen LogP contribution in [0.5, 0.6) is 5.75 Å². The summed E-state index contributed by atoms with van der Waals surface area (Å²) in [4.78, 5) is 14.1. The molecule has 0 aliphatic heterocycles. The van der Waals surface area contributed by atoms with Gasteiger partial charge >= 0.3 is 0 Å². The largest absolute Gasteiger partial charge is 0.492 e. The molecule has 1 atom stereocenters. The first kappa shape index (κ1) is 18.3. The van der Waals surface area contributed by atoms with Gasteiger partial charge in [-0.15, -0.1) is 0 Å². The summed E-state index contributed by atoms with van der Waals surface area (Å²) in [6.07, 6.45) is 0. The zero-order valence-electron chi connectivity index (χ0n) is 14.0. The fraction of sp³-hybridized carbons (Fsp3) is 0.316. The normalized spacial score (nSPS) is 12.0. The highest BCUT2D eigenvalue weighted by molar-refractivity contribution is 6.30. The molecule has 0 aliphatic rings. The van der Waals surface area contributed by atoms with Crippen molar-refractivity contribution in [2.75, 3.05) is 26.7 Å². The number of nitrogens with one attached hydrogen (secondary N) is 1. The van der Waals surface area contributed by atoms with Crippen molar-refractivity contribution >= 4 is 17.5 Å². The third kappa shape index (κ3) is 6.22. The minimum absolute atomic E-state index is 0.0234. The first-order valence-electron chi connectivity index (χ1n) is 7.96. The molecule has 0 bridgehead atoms. The molecule has 1 N–H and O–H groups in total. The second-order valence-corrected chi connectivity index (χ2v) is 6.18. The topological polar surface area (TPSA) is 41.6 Å². The van der Waals surface area contributed by atoms with E-state index in [0.717, 1.165) is 11.3 Å². The van der Waals surface area contributed by atoms with Gasteiger partial charge in [-0.1, -0.05) is 41.9 Å². The molecule has 0 heterocycles. The van der Waals surface area contributed by atoms with Crippen LogP contribution in [-0.4, -0.2) is 37.6 Å². The van der Waals surface area contributed by atoms with Crippen LogP contribution < -0.4 is 10.1 Å². The van der Waals surface area contributed by atoms with E-state index < -0.39 is 0 Å². The van der Waals surface area contributed by atoms with E-state index in [9.17, 15) is 4.79 Å². The number of hydrogen-bond acceptors (Lipinski definition) is 3. The second kappa shape index (κ2) is 9.30. The minimum atomic E-state index is -0.0785. The predicted octanol–water partition coefficient (Wildman–Crippen LogP) is 3.53. The molecule has 0 radical (unpaired) electrons. The Labute approximate surface area is 148 Å². The third-order valence-corrected chi connectivity index (χ3v) is 3.86. The van der Waals surface area contributed by atoms with Crippen molar-refractivity contribution in [1.29, 1.82) is 0 Å². The van der Waals surface area contributed by atoms with Crippen molar-refractivity contribution in [2.45, 2.75) is 13.0 Å². The standard InChI is InChI=1S/C19H23ClN2O2/c1-15(16-7-6-8-17(20)13-16)21-19(23)14-22(2)11-12-24-18-9-4-3-5-10-18/h3-10,13,15H,11-12,14H2,1-2H3,(H,21,23)/t15-/m0/s1. The van der Waals surface area contributed by atoms with E-state index >= 15 is 0 Å². The van der Waals surface area contributed by atoms with Gasteiger partial charge in [0.05, 0.1) is 12.6 Å². The summed E-state index contributed by atoms with van der Waals surface area (Å²) < 4.78 is 5.63. The van der Waals surface area contributed by atoms with Crippen LogP contribution in [0.1, 0.15) is 18.5 Å². The first-order valence-corrected chi connectivity index (χ1v) is 8.33. The van der Waals surface area contributed by atoms with Gasteiger partial charge in [0.2, 0.25) is 5.91 Å². The summed E-state index contributed by atoms with van der Waals surface area (Å²) in [5.74, 6) is 0.814. The Bertz CT molecular complexity index is 649. The van der Waals surface area contributed by atoms with Crippen molar-refractivity contribution in [3.05, 3.63) is 65.2 Å². The van der Waals surface area contributed by atoms with Gasteiger partial charge in [-0.3, -0.25) is 9.69 Å². The van der Waals surface area contributed by atoms with Crippen molar-refractivity contribution < 1.29 is 9.53 Å². The van der Waals surface area contributed by atoms with Crippen LogP contribution in [0.15, 0.2) is 54.6 Å². The number of ether oxygens (including phenoxy) is 1. The number of para-hydroxylation sites is 1.